The number of rotatable bonds is 2. The van der Waals surface area contributed by atoms with Gasteiger partial charge in [-0.05, 0) is 43.2 Å². The van der Waals surface area contributed by atoms with Gasteiger partial charge in [0.2, 0.25) is 0 Å². The zero-order valence-electron chi connectivity index (χ0n) is 11.0. The van der Waals surface area contributed by atoms with E-state index >= 15 is 0 Å². The Morgan fingerprint density at radius 3 is 2.72 bits per heavy atom. The van der Waals surface area contributed by atoms with Gasteiger partial charge in [-0.1, -0.05) is 19.9 Å². The van der Waals surface area contributed by atoms with E-state index in [1.807, 2.05) is 12.1 Å². The molecule has 1 saturated carbocycles. The smallest absolute Gasteiger partial charge is 0.143 e. The third kappa shape index (κ3) is 2.59. The molecular formula is C15H20N2O. The van der Waals surface area contributed by atoms with Gasteiger partial charge in [0.1, 0.15) is 11.8 Å². The quantitative estimate of drug-likeness (QED) is 0.812. The molecule has 0 saturated heterocycles. The van der Waals surface area contributed by atoms with Crippen LogP contribution in [-0.4, -0.2) is 6.10 Å². The van der Waals surface area contributed by atoms with Gasteiger partial charge in [0.25, 0.3) is 0 Å². The largest absolute Gasteiger partial charge is 0.488 e. The summed E-state index contributed by atoms with van der Waals surface area (Å²) in [6, 6.07) is 7.46. The molecule has 3 atom stereocenters. The minimum atomic E-state index is 0.229. The van der Waals surface area contributed by atoms with E-state index in [-0.39, 0.29) is 6.10 Å². The fourth-order valence-electron chi connectivity index (χ4n) is 2.53. The molecule has 1 aromatic rings. The number of hydrogen-bond donors (Lipinski definition) is 1. The van der Waals surface area contributed by atoms with Gasteiger partial charge < -0.3 is 10.5 Å². The number of nitriles is 1. The van der Waals surface area contributed by atoms with Crippen LogP contribution in [0.15, 0.2) is 18.2 Å². The lowest BCUT2D eigenvalue weighted by Gasteiger charge is -2.32. The first-order chi connectivity index (χ1) is 8.61. The van der Waals surface area contributed by atoms with Crippen molar-refractivity contribution in [3.63, 3.8) is 0 Å². The van der Waals surface area contributed by atoms with E-state index in [1.165, 1.54) is 6.42 Å². The molecule has 18 heavy (non-hydrogen) atoms. The van der Waals surface area contributed by atoms with Crippen molar-refractivity contribution in [2.24, 2.45) is 11.8 Å². The summed E-state index contributed by atoms with van der Waals surface area (Å²) in [6.45, 7) is 4.57. The zero-order valence-corrected chi connectivity index (χ0v) is 11.0. The molecule has 3 unspecified atom stereocenters. The number of nitrogen functional groups attached to an aromatic ring is 1. The molecule has 96 valence electrons. The fraction of sp³-hybridized carbons (Fsp3) is 0.533. The summed E-state index contributed by atoms with van der Waals surface area (Å²) in [7, 11) is 0. The highest BCUT2D eigenvalue weighted by atomic mass is 16.5. The normalized spacial score (nSPS) is 27.5. The molecule has 0 heterocycles. The van der Waals surface area contributed by atoms with Crippen LogP contribution in [0.4, 0.5) is 5.69 Å². The lowest BCUT2D eigenvalue weighted by molar-refractivity contribution is 0.101. The van der Waals surface area contributed by atoms with Crippen LogP contribution in [0.25, 0.3) is 0 Å². The molecule has 0 radical (unpaired) electrons. The Kier molecular flexibility index (Phi) is 3.76. The van der Waals surface area contributed by atoms with E-state index in [9.17, 15) is 0 Å². The average molecular weight is 244 g/mol. The highest BCUT2D eigenvalue weighted by Gasteiger charge is 2.26. The van der Waals surface area contributed by atoms with Crippen LogP contribution in [0.2, 0.25) is 0 Å². The van der Waals surface area contributed by atoms with Crippen LogP contribution in [0.3, 0.4) is 0 Å². The number of anilines is 1. The molecule has 0 aromatic heterocycles. The first-order valence-electron chi connectivity index (χ1n) is 6.57. The number of nitrogens with zero attached hydrogens (tertiary/aromatic N) is 1. The Morgan fingerprint density at radius 1 is 1.28 bits per heavy atom. The monoisotopic (exact) mass is 244 g/mol. The minimum Gasteiger partial charge on any atom is -0.488 e. The van der Waals surface area contributed by atoms with Gasteiger partial charge in [0, 0.05) is 0 Å². The van der Waals surface area contributed by atoms with Gasteiger partial charge >= 0.3 is 0 Å². The fourth-order valence-corrected chi connectivity index (χ4v) is 2.53. The van der Waals surface area contributed by atoms with Gasteiger partial charge in [-0.3, -0.25) is 0 Å². The summed E-state index contributed by atoms with van der Waals surface area (Å²) >= 11 is 0. The predicted molar refractivity (Wildman–Crippen MR) is 72.2 cm³/mol. The maximum atomic E-state index is 8.94. The van der Waals surface area contributed by atoms with Crippen molar-refractivity contribution < 1.29 is 4.74 Å². The van der Waals surface area contributed by atoms with Crippen molar-refractivity contribution in [2.45, 2.75) is 39.2 Å². The molecule has 3 nitrogen and oxygen atoms in total. The maximum Gasteiger partial charge on any atom is 0.143 e. The zero-order chi connectivity index (χ0) is 13.1. The number of benzene rings is 1. The molecule has 0 aliphatic heterocycles. The van der Waals surface area contributed by atoms with Gasteiger partial charge in [0.15, 0.2) is 0 Å². The number of para-hydroxylation sites is 1. The Morgan fingerprint density at radius 2 is 2.06 bits per heavy atom. The van der Waals surface area contributed by atoms with E-state index in [4.69, 9.17) is 15.7 Å². The molecule has 0 bridgehead atoms. The topological polar surface area (TPSA) is 59.0 Å². The van der Waals surface area contributed by atoms with Gasteiger partial charge in [0.05, 0.1) is 17.4 Å². The van der Waals surface area contributed by atoms with Crippen molar-refractivity contribution in [3.05, 3.63) is 23.8 Å². The van der Waals surface area contributed by atoms with Crippen molar-refractivity contribution in [1.29, 1.82) is 5.26 Å². The molecular weight excluding hydrogens is 224 g/mol. The van der Waals surface area contributed by atoms with Crippen LogP contribution in [0, 0.1) is 23.2 Å². The molecule has 0 amide bonds. The third-order valence-corrected chi connectivity index (χ3v) is 4.03. The third-order valence-electron chi connectivity index (χ3n) is 4.03. The van der Waals surface area contributed by atoms with Crippen LogP contribution in [-0.2, 0) is 0 Å². The molecule has 0 spiro atoms. The number of ether oxygens (including phenoxy) is 1. The Hall–Kier alpha value is -1.69. The standard InChI is InChI=1S/C15H20N2O/c1-10-6-7-13(8-11(10)2)18-14-5-3-4-12(9-16)15(14)17/h3-5,10-11,13H,6-8,17H2,1-2H3. The lowest BCUT2D eigenvalue weighted by Crippen LogP contribution is -2.29. The van der Waals surface area contributed by atoms with Gasteiger partial charge in [-0.25, -0.2) is 0 Å². The predicted octanol–water partition coefficient (Wildman–Crippen LogP) is 3.34. The van der Waals surface area contributed by atoms with Crippen LogP contribution in [0.5, 0.6) is 5.75 Å². The Balaban J connectivity index is 2.09. The summed E-state index contributed by atoms with van der Waals surface area (Å²) < 4.78 is 5.97. The van der Waals surface area contributed by atoms with E-state index in [0.29, 0.717) is 22.9 Å². The molecule has 1 aliphatic carbocycles. The summed E-state index contributed by atoms with van der Waals surface area (Å²) in [5, 5.41) is 8.94. The van der Waals surface area contributed by atoms with E-state index in [1.54, 1.807) is 6.07 Å². The molecule has 1 aromatic carbocycles. The molecule has 2 N–H and O–H groups in total. The first kappa shape index (κ1) is 12.8. The second-order valence-corrected chi connectivity index (χ2v) is 5.34. The molecule has 1 aliphatic rings. The lowest BCUT2D eigenvalue weighted by atomic mass is 9.80. The van der Waals surface area contributed by atoms with Gasteiger partial charge in [-0.2, -0.15) is 5.26 Å². The highest BCUT2D eigenvalue weighted by molar-refractivity contribution is 5.63. The summed E-state index contributed by atoms with van der Waals surface area (Å²) in [5.41, 5.74) is 6.88. The van der Waals surface area contributed by atoms with E-state index in [2.05, 4.69) is 19.9 Å². The van der Waals surface area contributed by atoms with E-state index in [0.717, 1.165) is 18.8 Å². The van der Waals surface area contributed by atoms with Crippen LogP contribution in [0.1, 0.15) is 38.7 Å². The van der Waals surface area contributed by atoms with Crippen molar-refractivity contribution >= 4 is 5.69 Å². The number of nitrogens with two attached hydrogens (primary N) is 1. The number of hydrogen-bond acceptors (Lipinski definition) is 3. The van der Waals surface area contributed by atoms with E-state index < -0.39 is 0 Å². The average Bonchev–Trinajstić information content (AvgIpc) is 2.36. The Labute approximate surface area is 109 Å². The summed E-state index contributed by atoms with van der Waals surface area (Å²) in [6.07, 6.45) is 3.57. The van der Waals surface area contributed by atoms with Crippen molar-refractivity contribution in [2.75, 3.05) is 5.73 Å². The summed E-state index contributed by atoms with van der Waals surface area (Å²) in [4.78, 5) is 0. The van der Waals surface area contributed by atoms with Gasteiger partial charge in [-0.15, -0.1) is 0 Å². The molecule has 2 rings (SSSR count). The SMILES string of the molecule is CC1CCC(Oc2cccc(C#N)c2N)CC1C. The molecule has 1 fully saturated rings. The summed E-state index contributed by atoms with van der Waals surface area (Å²) in [5.74, 6) is 2.11. The van der Waals surface area contributed by atoms with Crippen LogP contribution >= 0.6 is 0 Å². The highest BCUT2D eigenvalue weighted by Crippen LogP contribution is 2.34. The van der Waals surface area contributed by atoms with Crippen LogP contribution < -0.4 is 10.5 Å². The Bertz CT molecular complexity index is 464. The second kappa shape index (κ2) is 5.30. The maximum absolute atomic E-state index is 8.94. The molecule has 3 heteroatoms. The second-order valence-electron chi connectivity index (χ2n) is 5.34. The van der Waals surface area contributed by atoms with Crippen molar-refractivity contribution in [1.82, 2.24) is 0 Å². The first-order valence-corrected chi connectivity index (χ1v) is 6.57. The van der Waals surface area contributed by atoms with Crippen molar-refractivity contribution in [3.8, 4) is 11.8 Å². The minimum absolute atomic E-state index is 0.229.